The van der Waals surface area contributed by atoms with Crippen LogP contribution in [0.3, 0.4) is 0 Å². The first-order valence-corrected chi connectivity index (χ1v) is 14.3. The quantitative estimate of drug-likeness (QED) is 0.400. The van der Waals surface area contributed by atoms with Crippen molar-refractivity contribution in [1.82, 2.24) is 15.3 Å². The first kappa shape index (κ1) is 25.7. The molecule has 3 aromatic rings. The molecular formula is C32H39N5O2. The molecule has 2 atom stereocenters. The van der Waals surface area contributed by atoms with Gasteiger partial charge in [-0.05, 0) is 80.4 Å². The van der Waals surface area contributed by atoms with Crippen LogP contribution in [-0.4, -0.2) is 46.3 Å². The van der Waals surface area contributed by atoms with Crippen LogP contribution in [0.5, 0.6) is 0 Å². The summed E-state index contributed by atoms with van der Waals surface area (Å²) in [6, 6.07) is 19.8. The average Bonchev–Trinajstić information content (AvgIpc) is 3.53. The molecule has 0 bridgehead atoms. The molecule has 7 heteroatoms. The molecular weight excluding hydrogens is 486 g/mol. The number of amides is 1. The van der Waals surface area contributed by atoms with Crippen molar-refractivity contribution in [2.24, 2.45) is 5.41 Å². The molecule has 7 nitrogen and oxygen atoms in total. The lowest BCUT2D eigenvalue weighted by molar-refractivity contribution is 0.143. The van der Waals surface area contributed by atoms with Crippen molar-refractivity contribution in [3.05, 3.63) is 83.7 Å². The van der Waals surface area contributed by atoms with Crippen molar-refractivity contribution in [3.8, 4) is 0 Å². The summed E-state index contributed by atoms with van der Waals surface area (Å²) in [7, 11) is 0. The lowest BCUT2D eigenvalue weighted by Crippen LogP contribution is -2.48. The van der Waals surface area contributed by atoms with E-state index in [9.17, 15) is 9.90 Å². The first-order valence-electron chi connectivity index (χ1n) is 14.3. The Hall–Kier alpha value is -3.61. The monoisotopic (exact) mass is 525 g/mol. The van der Waals surface area contributed by atoms with Crippen LogP contribution in [0.4, 0.5) is 16.4 Å². The summed E-state index contributed by atoms with van der Waals surface area (Å²) < 4.78 is 0. The molecule has 3 aliphatic rings. The first-order chi connectivity index (χ1) is 18.8. The Morgan fingerprint density at radius 2 is 1.69 bits per heavy atom. The van der Waals surface area contributed by atoms with E-state index in [2.05, 4.69) is 69.7 Å². The van der Waals surface area contributed by atoms with Crippen LogP contribution in [0.2, 0.25) is 0 Å². The van der Waals surface area contributed by atoms with E-state index in [1.54, 1.807) is 0 Å². The molecule has 2 N–H and O–H groups in total. The highest BCUT2D eigenvalue weighted by molar-refractivity contribution is 5.65. The Balaban J connectivity index is 1.16. The molecule has 1 aliphatic carbocycles. The van der Waals surface area contributed by atoms with Gasteiger partial charge in [-0.3, -0.25) is 0 Å². The second kappa shape index (κ2) is 10.2. The number of hydrogen-bond acceptors (Lipinski definition) is 5. The molecule has 6 rings (SSSR count). The Morgan fingerprint density at radius 1 is 1.00 bits per heavy atom. The van der Waals surface area contributed by atoms with Gasteiger partial charge in [0.2, 0.25) is 0 Å². The number of benzene rings is 2. The summed E-state index contributed by atoms with van der Waals surface area (Å²) in [5.74, 6) is 2.23. The van der Waals surface area contributed by atoms with E-state index in [0.717, 1.165) is 63.4 Å². The molecule has 3 heterocycles. The second-order valence-corrected chi connectivity index (χ2v) is 12.3. The smallest absolute Gasteiger partial charge is 0.405 e. The molecule has 2 fully saturated rings. The largest absolute Gasteiger partial charge is 0.465 e. The predicted molar refractivity (Wildman–Crippen MR) is 154 cm³/mol. The summed E-state index contributed by atoms with van der Waals surface area (Å²) in [5, 5.41) is 12.2. The average molecular weight is 526 g/mol. The van der Waals surface area contributed by atoms with Gasteiger partial charge in [0, 0.05) is 25.2 Å². The Morgan fingerprint density at radius 3 is 2.41 bits per heavy atom. The van der Waals surface area contributed by atoms with E-state index in [1.165, 1.54) is 23.1 Å². The maximum absolute atomic E-state index is 11.5. The fourth-order valence-electron chi connectivity index (χ4n) is 7.44. The van der Waals surface area contributed by atoms with Gasteiger partial charge in [-0.25, -0.2) is 14.8 Å². The lowest BCUT2D eigenvalue weighted by atomic mass is 9.66. The highest BCUT2D eigenvalue weighted by Crippen LogP contribution is 2.56. The van der Waals surface area contributed by atoms with Crippen LogP contribution in [0, 0.1) is 5.41 Å². The van der Waals surface area contributed by atoms with Crippen LogP contribution in [0.15, 0.2) is 67.0 Å². The molecule has 2 aromatic carbocycles. The number of carboxylic acid groups (broad SMARTS) is 1. The topological polar surface area (TPSA) is 81.6 Å². The van der Waals surface area contributed by atoms with E-state index in [-0.39, 0.29) is 5.41 Å². The van der Waals surface area contributed by atoms with Crippen LogP contribution < -0.4 is 15.1 Å². The maximum Gasteiger partial charge on any atom is 0.405 e. The Kier molecular flexibility index (Phi) is 6.69. The molecule has 0 radical (unpaired) electrons. The zero-order chi connectivity index (χ0) is 27.0. The van der Waals surface area contributed by atoms with Crippen molar-refractivity contribution in [3.63, 3.8) is 0 Å². The van der Waals surface area contributed by atoms with Gasteiger partial charge in [0.15, 0.2) is 0 Å². The van der Waals surface area contributed by atoms with Gasteiger partial charge < -0.3 is 20.2 Å². The van der Waals surface area contributed by atoms with Crippen LogP contribution in [0.25, 0.3) is 0 Å². The van der Waals surface area contributed by atoms with E-state index < -0.39 is 11.6 Å². The lowest BCUT2D eigenvalue weighted by Gasteiger charge is -2.45. The fraction of sp³-hybridized carbons (Fsp3) is 0.469. The number of carbonyl (C=O) groups is 1. The van der Waals surface area contributed by atoms with Crippen molar-refractivity contribution < 1.29 is 9.90 Å². The number of hydrogen-bond donors (Lipinski definition) is 2. The molecule has 1 aromatic heterocycles. The normalized spacial score (nSPS) is 22.2. The van der Waals surface area contributed by atoms with Crippen molar-refractivity contribution >= 4 is 17.7 Å². The Bertz CT molecular complexity index is 1300. The van der Waals surface area contributed by atoms with Crippen molar-refractivity contribution in [1.29, 1.82) is 0 Å². The summed E-state index contributed by atoms with van der Waals surface area (Å²) in [6.45, 7) is 6.88. The molecule has 1 amide bonds. The molecule has 2 aliphatic heterocycles. The van der Waals surface area contributed by atoms with Crippen molar-refractivity contribution in [2.45, 2.75) is 69.9 Å². The third kappa shape index (κ3) is 5.07. The molecule has 0 unspecified atom stereocenters. The second-order valence-electron chi connectivity index (χ2n) is 12.3. The third-order valence-corrected chi connectivity index (χ3v) is 9.31. The van der Waals surface area contributed by atoms with Crippen LogP contribution in [-0.2, 0) is 6.42 Å². The predicted octanol–water partition coefficient (Wildman–Crippen LogP) is 6.18. The number of nitrogens with one attached hydrogen (secondary N) is 1. The zero-order valence-corrected chi connectivity index (χ0v) is 23.0. The maximum atomic E-state index is 11.5. The van der Waals surface area contributed by atoms with Gasteiger partial charge in [-0.1, -0.05) is 54.6 Å². The van der Waals surface area contributed by atoms with E-state index >= 15 is 0 Å². The van der Waals surface area contributed by atoms with E-state index in [1.807, 2.05) is 26.2 Å². The fourth-order valence-corrected chi connectivity index (χ4v) is 7.44. The minimum absolute atomic E-state index is 0.142. The number of aromatic nitrogens is 2. The third-order valence-electron chi connectivity index (χ3n) is 9.31. The standard InChI is InChI=1S/C32H39N5O2/c1-31(2,35-30(38)39)20-26-25-12-7-6-11-24(25)19-32(26)14-17-36(18-15-32)28-21-34-29(22-33-28)37-16-8-13-27(37)23-9-4-3-5-10-23/h3-7,9-12,21-22,26-27,35H,8,13-20H2,1-2H3,(H,38,39)/t26-,27-/m1/s1. The van der Waals surface area contributed by atoms with Crippen LogP contribution in [0.1, 0.15) is 74.6 Å². The molecule has 2 saturated heterocycles. The minimum atomic E-state index is -0.957. The number of nitrogens with zero attached hydrogens (tertiary/aromatic N) is 4. The molecule has 204 valence electrons. The summed E-state index contributed by atoms with van der Waals surface area (Å²) in [4.78, 5) is 26.0. The number of rotatable bonds is 6. The number of piperidine rings is 1. The molecule has 0 saturated carbocycles. The van der Waals surface area contributed by atoms with Crippen molar-refractivity contribution in [2.75, 3.05) is 29.4 Å². The SMILES string of the molecule is CC(C)(C[C@@H]1c2ccccc2CC12CCN(c1cnc(N3CCC[C@@H]3c3ccccc3)cn1)CC2)NC(=O)O. The molecule has 39 heavy (non-hydrogen) atoms. The number of fused-ring (bicyclic) bond motifs is 1. The van der Waals surface area contributed by atoms with Gasteiger partial charge in [0.1, 0.15) is 11.6 Å². The minimum Gasteiger partial charge on any atom is -0.465 e. The summed E-state index contributed by atoms with van der Waals surface area (Å²) in [6.07, 6.45) is 9.23. The van der Waals surface area contributed by atoms with Crippen LogP contribution >= 0.6 is 0 Å². The van der Waals surface area contributed by atoms with E-state index in [0.29, 0.717) is 12.0 Å². The van der Waals surface area contributed by atoms with Gasteiger partial charge in [-0.2, -0.15) is 0 Å². The summed E-state index contributed by atoms with van der Waals surface area (Å²) >= 11 is 0. The van der Waals surface area contributed by atoms with Gasteiger partial charge in [0.25, 0.3) is 0 Å². The van der Waals surface area contributed by atoms with Gasteiger partial charge in [-0.15, -0.1) is 0 Å². The van der Waals surface area contributed by atoms with E-state index in [4.69, 9.17) is 9.97 Å². The summed E-state index contributed by atoms with van der Waals surface area (Å²) in [5.41, 5.74) is 3.81. The van der Waals surface area contributed by atoms with Gasteiger partial charge in [0.05, 0.1) is 18.4 Å². The number of anilines is 2. The zero-order valence-electron chi connectivity index (χ0n) is 23.0. The molecule has 1 spiro atoms. The highest BCUT2D eigenvalue weighted by atomic mass is 16.4. The van der Waals surface area contributed by atoms with Gasteiger partial charge >= 0.3 is 6.09 Å². The highest BCUT2D eigenvalue weighted by Gasteiger charge is 2.49. The Labute approximate surface area is 231 Å².